The van der Waals surface area contributed by atoms with Gasteiger partial charge in [-0.2, -0.15) is 0 Å². The zero-order valence-electron chi connectivity index (χ0n) is 13.2. The minimum Gasteiger partial charge on any atom is -0.307 e. The molecule has 1 aromatic carbocycles. The van der Waals surface area contributed by atoms with Gasteiger partial charge in [-0.25, -0.2) is 0 Å². The summed E-state index contributed by atoms with van der Waals surface area (Å²) >= 11 is 0. The van der Waals surface area contributed by atoms with Crippen molar-refractivity contribution < 1.29 is 0 Å². The van der Waals surface area contributed by atoms with Gasteiger partial charge in [0.2, 0.25) is 0 Å². The zero-order valence-corrected chi connectivity index (χ0v) is 13.2. The maximum Gasteiger partial charge on any atom is 0.0547 e. The van der Waals surface area contributed by atoms with Crippen molar-refractivity contribution in [3.05, 3.63) is 69.5 Å². The zero-order chi connectivity index (χ0) is 14.9. The van der Waals surface area contributed by atoms with Crippen LogP contribution >= 0.6 is 0 Å². The van der Waals surface area contributed by atoms with Crippen molar-refractivity contribution in [1.29, 1.82) is 0 Å². The van der Waals surface area contributed by atoms with Gasteiger partial charge in [-0.1, -0.05) is 30.4 Å². The predicted molar refractivity (Wildman–Crippen MR) is 90.7 cm³/mol. The number of allylic oxidation sites excluding steroid dienone is 1. The van der Waals surface area contributed by atoms with Crippen molar-refractivity contribution in [3.63, 3.8) is 0 Å². The summed E-state index contributed by atoms with van der Waals surface area (Å²) in [4.78, 5) is 4.76. The molecule has 0 radical (unpaired) electrons. The molecule has 0 spiro atoms. The fourth-order valence-electron chi connectivity index (χ4n) is 3.70. The van der Waals surface area contributed by atoms with E-state index in [2.05, 4.69) is 48.7 Å². The number of fused-ring (bicyclic) bond motifs is 2. The molecule has 2 aliphatic carbocycles. The third kappa shape index (κ3) is 2.59. The SMILES string of the molecule is Cc1nc(CNCc2ccc3c(c2)CC=C3)cc2c1CCC2. The van der Waals surface area contributed by atoms with E-state index in [9.17, 15) is 0 Å². The molecule has 0 bridgehead atoms. The number of aromatic nitrogens is 1. The lowest BCUT2D eigenvalue weighted by molar-refractivity contribution is 0.676. The van der Waals surface area contributed by atoms with E-state index in [1.165, 1.54) is 58.5 Å². The quantitative estimate of drug-likeness (QED) is 0.928. The fraction of sp³-hybridized carbons (Fsp3) is 0.350. The van der Waals surface area contributed by atoms with E-state index < -0.39 is 0 Å². The van der Waals surface area contributed by atoms with Gasteiger partial charge in [-0.15, -0.1) is 0 Å². The summed E-state index contributed by atoms with van der Waals surface area (Å²) in [5, 5.41) is 3.54. The van der Waals surface area contributed by atoms with E-state index in [-0.39, 0.29) is 0 Å². The largest absolute Gasteiger partial charge is 0.307 e. The van der Waals surface area contributed by atoms with Gasteiger partial charge in [0.1, 0.15) is 0 Å². The number of benzene rings is 1. The lowest BCUT2D eigenvalue weighted by atomic mass is 10.1. The first-order chi connectivity index (χ1) is 10.8. The molecule has 0 saturated heterocycles. The Kier molecular flexibility index (Phi) is 3.55. The van der Waals surface area contributed by atoms with Crippen molar-refractivity contribution >= 4 is 6.08 Å². The minimum atomic E-state index is 0.851. The highest BCUT2D eigenvalue weighted by Crippen LogP contribution is 2.25. The standard InChI is InChI=1S/C20H22N2/c1-14-20-7-3-6-18(20)11-19(22-14)13-21-12-15-8-9-16-4-2-5-17(16)10-15/h2,4,8-11,21H,3,5-7,12-13H2,1H3. The Morgan fingerprint density at radius 2 is 2.05 bits per heavy atom. The molecule has 0 amide bonds. The third-order valence-electron chi connectivity index (χ3n) is 4.83. The second-order valence-electron chi connectivity index (χ2n) is 6.43. The molecule has 2 aromatic rings. The van der Waals surface area contributed by atoms with Gasteiger partial charge >= 0.3 is 0 Å². The number of hydrogen-bond donors (Lipinski definition) is 1. The second kappa shape index (κ2) is 5.69. The molecular weight excluding hydrogens is 268 g/mol. The molecule has 4 rings (SSSR count). The monoisotopic (exact) mass is 290 g/mol. The lowest BCUT2D eigenvalue weighted by Gasteiger charge is -2.10. The number of rotatable bonds is 4. The minimum absolute atomic E-state index is 0.851. The van der Waals surface area contributed by atoms with Crippen LogP contribution in [-0.2, 0) is 32.4 Å². The van der Waals surface area contributed by atoms with Crippen LogP contribution in [0.25, 0.3) is 6.08 Å². The molecule has 1 aromatic heterocycles. The van der Waals surface area contributed by atoms with Crippen LogP contribution in [0.2, 0.25) is 0 Å². The number of aryl methyl sites for hydroxylation is 2. The molecule has 0 atom stereocenters. The van der Waals surface area contributed by atoms with Gasteiger partial charge in [0, 0.05) is 18.8 Å². The average Bonchev–Trinajstić information content (AvgIpc) is 3.15. The number of hydrogen-bond acceptors (Lipinski definition) is 2. The molecule has 0 fully saturated rings. The summed E-state index contributed by atoms with van der Waals surface area (Å²) < 4.78 is 0. The molecule has 2 heteroatoms. The Balaban J connectivity index is 1.40. The molecule has 1 heterocycles. The van der Waals surface area contributed by atoms with Gasteiger partial charge in [0.05, 0.1) is 5.69 Å². The van der Waals surface area contributed by atoms with Gasteiger partial charge in [-0.3, -0.25) is 4.98 Å². The number of pyridine rings is 1. The van der Waals surface area contributed by atoms with Gasteiger partial charge in [0.25, 0.3) is 0 Å². The van der Waals surface area contributed by atoms with E-state index in [1.807, 2.05) is 0 Å². The molecule has 2 aliphatic rings. The Labute approximate surface area is 132 Å². The van der Waals surface area contributed by atoms with Crippen molar-refractivity contribution in [1.82, 2.24) is 10.3 Å². The fourth-order valence-corrected chi connectivity index (χ4v) is 3.70. The molecule has 0 aliphatic heterocycles. The van der Waals surface area contributed by atoms with E-state index in [0.717, 1.165) is 19.5 Å². The highest BCUT2D eigenvalue weighted by atomic mass is 14.9. The van der Waals surface area contributed by atoms with Crippen LogP contribution in [-0.4, -0.2) is 4.98 Å². The predicted octanol–water partition coefficient (Wildman–Crippen LogP) is 3.74. The van der Waals surface area contributed by atoms with Gasteiger partial charge in [0.15, 0.2) is 0 Å². The molecule has 112 valence electrons. The first kappa shape index (κ1) is 13.7. The average molecular weight is 290 g/mol. The molecule has 2 nitrogen and oxygen atoms in total. The third-order valence-corrected chi connectivity index (χ3v) is 4.83. The summed E-state index contributed by atoms with van der Waals surface area (Å²) in [6.45, 7) is 3.91. The van der Waals surface area contributed by atoms with Crippen molar-refractivity contribution in [2.45, 2.75) is 45.7 Å². The summed E-state index contributed by atoms with van der Waals surface area (Å²) in [6.07, 6.45) is 9.25. The van der Waals surface area contributed by atoms with E-state index in [0.29, 0.717) is 0 Å². The van der Waals surface area contributed by atoms with Gasteiger partial charge < -0.3 is 5.32 Å². The summed E-state index contributed by atoms with van der Waals surface area (Å²) in [7, 11) is 0. The Hall–Kier alpha value is -1.93. The van der Waals surface area contributed by atoms with E-state index >= 15 is 0 Å². The highest BCUT2D eigenvalue weighted by molar-refractivity contribution is 5.60. The second-order valence-corrected chi connectivity index (χ2v) is 6.43. The topological polar surface area (TPSA) is 24.9 Å². The molecule has 22 heavy (non-hydrogen) atoms. The molecule has 0 unspecified atom stereocenters. The molecular formula is C20H22N2. The molecule has 1 N–H and O–H groups in total. The number of nitrogens with zero attached hydrogens (tertiary/aromatic N) is 1. The highest BCUT2D eigenvalue weighted by Gasteiger charge is 2.15. The van der Waals surface area contributed by atoms with Crippen LogP contribution in [0.4, 0.5) is 0 Å². The van der Waals surface area contributed by atoms with Crippen LogP contribution in [0.15, 0.2) is 30.3 Å². The summed E-state index contributed by atoms with van der Waals surface area (Å²) in [6, 6.07) is 9.08. The Morgan fingerprint density at radius 1 is 1.09 bits per heavy atom. The van der Waals surface area contributed by atoms with Crippen molar-refractivity contribution in [2.24, 2.45) is 0 Å². The first-order valence-electron chi connectivity index (χ1n) is 8.27. The maximum absolute atomic E-state index is 4.76. The van der Waals surface area contributed by atoms with Crippen molar-refractivity contribution in [3.8, 4) is 0 Å². The van der Waals surface area contributed by atoms with Crippen LogP contribution < -0.4 is 5.32 Å². The Morgan fingerprint density at radius 3 is 3.00 bits per heavy atom. The lowest BCUT2D eigenvalue weighted by Crippen LogP contribution is -2.14. The Bertz CT molecular complexity index is 744. The smallest absolute Gasteiger partial charge is 0.0547 e. The van der Waals surface area contributed by atoms with Gasteiger partial charge in [-0.05, 0) is 66.5 Å². The maximum atomic E-state index is 4.76. The van der Waals surface area contributed by atoms with Crippen molar-refractivity contribution in [2.75, 3.05) is 0 Å². The van der Waals surface area contributed by atoms with Crippen LogP contribution in [0.5, 0.6) is 0 Å². The number of nitrogens with one attached hydrogen (secondary N) is 1. The van der Waals surface area contributed by atoms with Crippen LogP contribution in [0.1, 0.15) is 45.6 Å². The normalized spacial score (nSPS) is 15.1. The first-order valence-corrected chi connectivity index (χ1v) is 8.27. The van der Waals surface area contributed by atoms with E-state index in [4.69, 9.17) is 4.98 Å². The molecule has 0 saturated carbocycles. The van der Waals surface area contributed by atoms with Crippen LogP contribution in [0.3, 0.4) is 0 Å². The van der Waals surface area contributed by atoms with Crippen LogP contribution in [0, 0.1) is 6.92 Å². The van der Waals surface area contributed by atoms with E-state index in [1.54, 1.807) is 0 Å². The summed E-state index contributed by atoms with van der Waals surface area (Å²) in [5.74, 6) is 0. The summed E-state index contributed by atoms with van der Waals surface area (Å²) in [5.41, 5.74) is 9.62.